The number of benzene rings is 1. The van der Waals surface area contributed by atoms with E-state index < -0.39 is 0 Å². The number of hydrogen-bond acceptors (Lipinski definition) is 2. The summed E-state index contributed by atoms with van der Waals surface area (Å²) in [5, 5.41) is 0.996. The molecule has 3 aromatic rings. The van der Waals surface area contributed by atoms with Crippen molar-refractivity contribution >= 4 is 16.4 Å². The molecule has 0 saturated heterocycles. The first kappa shape index (κ1) is 9.03. The molecular formula is C12H10N2O2. The Balaban J connectivity index is 2.50. The van der Waals surface area contributed by atoms with Crippen molar-refractivity contribution in [2.75, 3.05) is 7.11 Å². The van der Waals surface area contributed by atoms with Crippen molar-refractivity contribution in [3.8, 4) is 5.75 Å². The van der Waals surface area contributed by atoms with Crippen LogP contribution in [-0.4, -0.2) is 16.5 Å². The Kier molecular flexibility index (Phi) is 1.77. The lowest BCUT2D eigenvalue weighted by Gasteiger charge is -1.99. The third-order valence-electron chi connectivity index (χ3n) is 2.72. The van der Waals surface area contributed by atoms with E-state index in [1.54, 1.807) is 13.3 Å². The van der Waals surface area contributed by atoms with Crippen LogP contribution in [0.1, 0.15) is 0 Å². The average Bonchev–Trinajstić information content (AvgIpc) is 2.68. The zero-order valence-electron chi connectivity index (χ0n) is 8.73. The molecule has 0 unspecified atom stereocenters. The van der Waals surface area contributed by atoms with Crippen LogP contribution in [0, 0.1) is 0 Å². The van der Waals surface area contributed by atoms with Crippen LogP contribution in [0.4, 0.5) is 0 Å². The first-order valence-electron chi connectivity index (χ1n) is 4.96. The molecule has 1 N–H and O–H groups in total. The Labute approximate surface area is 91.1 Å². The topological polar surface area (TPSA) is 46.5 Å². The fourth-order valence-electron chi connectivity index (χ4n) is 1.94. The van der Waals surface area contributed by atoms with Crippen LogP contribution in [0.25, 0.3) is 16.4 Å². The molecule has 1 aromatic carbocycles. The van der Waals surface area contributed by atoms with Crippen LogP contribution >= 0.6 is 0 Å². The van der Waals surface area contributed by atoms with Crippen molar-refractivity contribution in [2.24, 2.45) is 0 Å². The summed E-state index contributed by atoms with van der Waals surface area (Å²) in [6.45, 7) is 0. The van der Waals surface area contributed by atoms with Crippen LogP contribution in [0.5, 0.6) is 5.75 Å². The van der Waals surface area contributed by atoms with Crippen LogP contribution in [0.2, 0.25) is 0 Å². The number of fused-ring (bicyclic) bond motifs is 3. The number of hydrogen-bond donors (Lipinski definition) is 1. The second-order valence-electron chi connectivity index (χ2n) is 3.61. The summed E-state index contributed by atoms with van der Waals surface area (Å²) in [5.74, 6) is 0.792. The van der Waals surface area contributed by atoms with Gasteiger partial charge in [-0.05, 0) is 24.3 Å². The summed E-state index contributed by atoms with van der Waals surface area (Å²) in [5.41, 5.74) is 1.56. The second-order valence-corrected chi connectivity index (χ2v) is 3.61. The SMILES string of the molecule is COc1ccc2c(c1)cc1c(=O)[nH]ccn12. The Hall–Kier alpha value is -2.23. The summed E-state index contributed by atoms with van der Waals surface area (Å²) in [6.07, 6.45) is 3.48. The number of aromatic amines is 1. The van der Waals surface area contributed by atoms with E-state index in [1.807, 2.05) is 34.9 Å². The van der Waals surface area contributed by atoms with Crippen molar-refractivity contribution < 1.29 is 4.74 Å². The van der Waals surface area contributed by atoms with E-state index in [4.69, 9.17) is 4.74 Å². The molecule has 0 atom stereocenters. The monoisotopic (exact) mass is 214 g/mol. The van der Waals surface area contributed by atoms with Gasteiger partial charge in [0.15, 0.2) is 0 Å². The van der Waals surface area contributed by atoms with E-state index in [0.717, 1.165) is 16.7 Å². The van der Waals surface area contributed by atoms with E-state index in [0.29, 0.717) is 5.52 Å². The van der Waals surface area contributed by atoms with Gasteiger partial charge in [-0.1, -0.05) is 0 Å². The van der Waals surface area contributed by atoms with Gasteiger partial charge in [0.25, 0.3) is 5.56 Å². The molecule has 16 heavy (non-hydrogen) atoms. The lowest BCUT2D eigenvalue weighted by Crippen LogP contribution is -2.06. The molecule has 2 aromatic heterocycles. The van der Waals surface area contributed by atoms with E-state index in [9.17, 15) is 4.79 Å². The summed E-state index contributed by atoms with van der Waals surface area (Å²) in [6, 6.07) is 7.61. The van der Waals surface area contributed by atoms with E-state index in [-0.39, 0.29) is 5.56 Å². The smallest absolute Gasteiger partial charge is 0.272 e. The highest BCUT2D eigenvalue weighted by atomic mass is 16.5. The molecular weight excluding hydrogens is 204 g/mol. The van der Waals surface area contributed by atoms with Gasteiger partial charge in [-0.2, -0.15) is 0 Å². The van der Waals surface area contributed by atoms with Crippen LogP contribution in [0.3, 0.4) is 0 Å². The molecule has 2 heterocycles. The predicted molar refractivity (Wildman–Crippen MR) is 62.1 cm³/mol. The molecule has 80 valence electrons. The third-order valence-corrected chi connectivity index (χ3v) is 2.72. The highest BCUT2D eigenvalue weighted by Gasteiger charge is 2.05. The lowest BCUT2D eigenvalue weighted by molar-refractivity contribution is 0.415. The molecule has 0 aliphatic heterocycles. The number of methoxy groups -OCH3 is 1. The van der Waals surface area contributed by atoms with Crippen molar-refractivity contribution in [1.82, 2.24) is 9.38 Å². The minimum absolute atomic E-state index is 0.0855. The molecule has 0 aliphatic carbocycles. The molecule has 0 spiro atoms. The first-order valence-corrected chi connectivity index (χ1v) is 4.96. The van der Waals surface area contributed by atoms with Crippen LogP contribution in [0.15, 0.2) is 41.5 Å². The highest BCUT2D eigenvalue weighted by Crippen LogP contribution is 2.22. The fourth-order valence-corrected chi connectivity index (χ4v) is 1.94. The number of nitrogens with one attached hydrogen (secondary N) is 1. The van der Waals surface area contributed by atoms with Crippen LogP contribution < -0.4 is 10.3 Å². The lowest BCUT2D eigenvalue weighted by atomic mass is 10.2. The molecule has 0 aliphatic rings. The number of H-pyrrole nitrogens is 1. The maximum Gasteiger partial charge on any atom is 0.272 e. The maximum absolute atomic E-state index is 11.6. The Morgan fingerprint density at radius 3 is 2.94 bits per heavy atom. The van der Waals surface area contributed by atoms with Gasteiger partial charge in [-0.25, -0.2) is 0 Å². The largest absolute Gasteiger partial charge is 0.497 e. The summed E-state index contributed by atoms with van der Waals surface area (Å²) in [7, 11) is 1.63. The highest BCUT2D eigenvalue weighted by molar-refractivity contribution is 5.87. The molecule has 0 amide bonds. The van der Waals surface area contributed by atoms with Gasteiger partial charge in [0.05, 0.1) is 12.6 Å². The zero-order chi connectivity index (χ0) is 11.1. The first-order chi connectivity index (χ1) is 7.79. The van der Waals surface area contributed by atoms with E-state index >= 15 is 0 Å². The summed E-state index contributed by atoms with van der Waals surface area (Å²) < 4.78 is 7.02. The van der Waals surface area contributed by atoms with Crippen LogP contribution in [-0.2, 0) is 0 Å². The Morgan fingerprint density at radius 2 is 2.12 bits per heavy atom. The number of aromatic nitrogens is 2. The Bertz CT molecular complexity index is 725. The molecule has 0 bridgehead atoms. The van der Waals surface area contributed by atoms with Crippen molar-refractivity contribution in [1.29, 1.82) is 0 Å². The van der Waals surface area contributed by atoms with Gasteiger partial charge in [-0.3, -0.25) is 4.79 Å². The normalized spacial score (nSPS) is 11.1. The van der Waals surface area contributed by atoms with Gasteiger partial charge in [-0.15, -0.1) is 0 Å². The zero-order valence-corrected chi connectivity index (χ0v) is 8.73. The van der Waals surface area contributed by atoms with E-state index in [1.165, 1.54) is 0 Å². The quantitative estimate of drug-likeness (QED) is 0.671. The van der Waals surface area contributed by atoms with Gasteiger partial charge in [0, 0.05) is 17.8 Å². The van der Waals surface area contributed by atoms with E-state index in [2.05, 4.69) is 4.98 Å². The third kappa shape index (κ3) is 1.13. The predicted octanol–water partition coefficient (Wildman–Crippen LogP) is 1.79. The second kappa shape index (κ2) is 3.13. The van der Waals surface area contributed by atoms with Gasteiger partial charge in [0.1, 0.15) is 11.3 Å². The van der Waals surface area contributed by atoms with Crippen molar-refractivity contribution in [3.05, 3.63) is 47.0 Å². The Morgan fingerprint density at radius 1 is 1.25 bits per heavy atom. The number of nitrogens with zero attached hydrogens (tertiary/aromatic N) is 1. The molecule has 4 nitrogen and oxygen atoms in total. The fraction of sp³-hybridized carbons (Fsp3) is 0.0833. The van der Waals surface area contributed by atoms with Crippen molar-refractivity contribution in [3.63, 3.8) is 0 Å². The molecule has 0 saturated carbocycles. The molecule has 0 fully saturated rings. The van der Waals surface area contributed by atoms with Crippen molar-refractivity contribution in [2.45, 2.75) is 0 Å². The minimum atomic E-state index is -0.0855. The van der Waals surface area contributed by atoms with Gasteiger partial charge >= 0.3 is 0 Å². The maximum atomic E-state index is 11.6. The van der Waals surface area contributed by atoms with Gasteiger partial charge < -0.3 is 14.1 Å². The number of ether oxygens (including phenoxy) is 1. The standard InChI is InChI=1S/C12H10N2O2/c1-16-9-2-3-10-8(6-9)7-11-12(15)13-4-5-14(10)11/h2-7H,1H3,(H,13,15). The summed E-state index contributed by atoms with van der Waals surface area (Å²) >= 11 is 0. The molecule has 4 heteroatoms. The molecule has 3 rings (SSSR count). The minimum Gasteiger partial charge on any atom is -0.497 e. The summed E-state index contributed by atoms with van der Waals surface area (Å²) in [4.78, 5) is 14.3. The molecule has 0 radical (unpaired) electrons. The number of rotatable bonds is 1. The van der Waals surface area contributed by atoms with Gasteiger partial charge in [0.2, 0.25) is 0 Å². The average molecular weight is 214 g/mol.